The first-order valence-corrected chi connectivity index (χ1v) is 9.65. The predicted octanol–water partition coefficient (Wildman–Crippen LogP) is 1.73. The van der Waals surface area contributed by atoms with Crippen molar-refractivity contribution < 1.29 is 14.7 Å². The second kappa shape index (κ2) is 8.57. The molecule has 1 N–H and O–H groups in total. The van der Waals surface area contributed by atoms with Gasteiger partial charge in [-0.15, -0.1) is 0 Å². The van der Waals surface area contributed by atoms with E-state index in [9.17, 15) is 9.59 Å². The number of carbonyl (C=O) groups excluding carboxylic acids is 2. The summed E-state index contributed by atoms with van der Waals surface area (Å²) in [6.07, 6.45) is 1.46. The number of hydrogen-bond acceptors (Lipinski definition) is 4. The molecule has 3 rings (SSSR count). The Morgan fingerprint density at radius 2 is 1.85 bits per heavy atom. The number of aliphatic hydroxyl groups excluding tert-OH is 1. The fourth-order valence-electron chi connectivity index (χ4n) is 3.63. The average molecular weight is 400 g/mol. The van der Waals surface area contributed by atoms with Crippen LogP contribution in [0.5, 0.6) is 0 Å². The number of likely N-dealkylation sites (tertiary alicyclic amines) is 1. The molecule has 8 heteroatoms. The third kappa shape index (κ3) is 4.14. The van der Waals surface area contributed by atoms with Gasteiger partial charge in [0.1, 0.15) is 6.04 Å². The standard InChI is InChI=1S/C18H23Cl2N3O3/c19-13-3-4-15(20)14(12-13)17(25)23-5-1-2-16(23)18(26)22-8-6-21(7-9-22)10-11-24/h3-4,12,16,24H,1-2,5-11H2. The minimum Gasteiger partial charge on any atom is -0.395 e. The Bertz CT molecular complexity index is 678. The van der Waals surface area contributed by atoms with Crippen molar-refractivity contribution in [3.63, 3.8) is 0 Å². The van der Waals surface area contributed by atoms with Crippen LogP contribution in [0.15, 0.2) is 18.2 Å². The maximum Gasteiger partial charge on any atom is 0.256 e. The summed E-state index contributed by atoms with van der Waals surface area (Å²) in [7, 11) is 0. The fourth-order valence-corrected chi connectivity index (χ4v) is 4.00. The fraction of sp³-hybridized carbons (Fsp3) is 0.556. The van der Waals surface area contributed by atoms with E-state index in [0.29, 0.717) is 48.2 Å². The van der Waals surface area contributed by atoms with Crippen LogP contribution in [0.3, 0.4) is 0 Å². The predicted molar refractivity (Wildman–Crippen MR) is 101 cm³/mol. The van der Waals surface area contributed by atoms with Gasteiger partial charge < -0.3 is 14.9 Å². The summed E-state index contributed by atoms with van der Waals surface area (Å²) in [5.41, 5.74) is 0.339. The summed E-state index contributed by atoms with van der Waals surface area (Å²) >= 11 is 12.2. The Labute approximate surface area is 163 Å². The second-order valence-electron chi connectivity index (χ2n) is 6.67. The van der Waals surface area contributed by atoms with Crippen LogP contribution in [0.4, 0.5) is 0 Å². The van der Waals surface area contributed by atoms with Gasteiger partial charge in [-0.1, -0.05) is 23.2 Å². The van der Waals surface area contributed by atoms with E-state index in [0.717, 1.165) is 19.5 Å². The minimum absolute atomic E-state index is 0.00218. The van der Waals surface area contributed by atoms with Crippen LogP contribution in [-0.4, -0.2) is 83.5 Å². The Morgan fingerprint density at radius 3 is 2.54 bits per heavy atom. The molecule has 0 spiro atoms. The largest absolute Gasteiger partial charge is 0.395 e. The second-order valence-corrected chi connectivity index (χ2v) is 7.51. The summed E-state index contributed by atoms with van der Waals surface area (Å²) in [4.78, 5) is 31.5. The van der Waals surface area contributed by atoms with Crippen LogP contribution < -0.4 is 0 Å². The Kier molecular flexibility index (Phi) is 6.40. The molecule has 1 unspecified atom stereocenters. The van der Waals surface area contributed by atoms with Gasteiger partial charge in [0, 0.05) is 44.3 Å². The molecule has 2 amide bonds. The molecule has 6 nitrogen and oxygen atoms in total. The molecule has 0 aromatic heterocycles. The lowest BCUT2D eigenvalue weighted by Gasteiger charge is -2.37. The molecule has 2 fully saturated rings. The van der Waals surface area contributed by atoms with Crippen LogP contribution in [0.25, 0.3) is 0 Å². The van der Waals surface area contributed by atoms with E-state index in [1.54, 1.807) is 23.1 Å². The monoisotopic (exact) mass is 399 g/mol. The summed E-state index contributed by atoms with van der Waals surface area (Å²) in [6.45, 7) is 4.02. The lowest BCUT2D eigenvalue weighted by atomic mass is 10.1. The molecule has 142 valence electrons. The highest BCUT2D eigenvalue weighted by Gasteiger charge is 2.38. The van der Waals surface area contributed by atoms with E-state index in [-0.39, 0.29) is 18.4 Å². The van der Waals surface area contributed by atoms with Crippen molar-refractivity contribution in [3.05, 3.63) is 33.8 Å². The molecule has 2 heterocycles. The molecule has 1 aromatic rings. The number of β-amino-alcohol motifs (C(OH)–C–C–N with tert-alkyl or cyclic N) is 1. The summed E-state index contributed by atoms with van der Waals surface area (Å²) in [5, 5.41) is 9.81. The molecule has 2 saturated heterocycles. The van der Waals surface area contributed by atoms with Crippen molar-refractivity contribution in [1.29, 1.82) is 0 Å². The molecule has 26 heavy (non-hydrogen) atoms. The van der Waals surface area contributed by atoms with Gasteiger partial charge in [-0.3, -0.25) is 14.5 Å². The van der Waals surface area contributed by atoms with Gasteiger partial charge >= 0.3 is 0 Å². The van der Waals surface area contributed by atoms with Crippen molar-refractivity contribution in [3.8, 4) is 0 Å². The molecule has 2 aliphatic heterocycles. The number of carbonyl (C=O) groups is 2. The number of amides is 2. The molecule has 0 bridgehead atoms. The molecular weight excluding hydrogens is 377 g/mol. The van der Waals surface area contributed by atoms with Gasteiger partial charge in [-0.25, -0.2) is 0 Å². The quantitative estimate of drug-likeness (QED) is 0.837. The van der Waals surface area contributed by atoms with Gasteiger partial charge in [0.2, 0.25) is 5.91 Å². The Balaban J connectivity index is 1.69. The smallest absolute Gasteiger partial charge is 0.256 e. The van der Waals surface area contributed by atoms with Crippen molar-refractivity contribution in [2.45, 2.75) is 18.9 Å². The number of rotatable bonds is 4. The molecule has 1 aromatic carbocycles. The van der Waals surface area contributed by atoms with Crippen molar-refractivity contribution >= 4 is 35.0 Å². The van der Waals surface area contributed by atoms with Gasteiger partial charge in [0.05, 0.1) is 17.2 Å². The number of hydrogen-bond donors (Lipinski definition) is 1. The topological polar surface area (TPSA) is 64.1 Å². The number of aliphatic hydroxyl groups is 1. The van der Waals surface area contributed by atoms with Crippen LogP contribution >= 0.6 is 23.2 Å². The highest BCUT2D eigenvalue weighted by molar-refractivity contribution is 6.35. The first-order valence-electron chi connectivity index (χ1n) is 8.89. The number of nitrogens with zero attached hydrogens (tertiary/aromatic N) is 3. The molecule has 0 aliphatic carbocycles. The normalized spacial score (nSPS) is 21.3. The zero-order valence-electron chi connectivity index (χ0n) is 14.5. The summed E-state index contributed by atoms with van der Waals surface area (Å²) in [5.74, 6) is -0.245. The van der Waals surface area contributed by atoms with Gasteiger partial charge in [0.25, 0.3) is 5.91 Å². The van der Waals surface area contributed by atoms with E-state index >= 15 is 0 Å². The molecule has 0 radical (unpaired) electrons. The third-order valence-corrected chi connectivity index (χ3v) is 5.62. The van der Waals surface area contributed by atoms with Crippen molar-refractivity contribution in [2.24, 2.45) is 0 Å². The number of piperazine rings is 1. The maximum absolute atomic E-state index is 13.0. The summed E-state index contributed by atoms with van der Waals surface area (Å²) in [6, 6.07) is 4.35. The molecular formula is C18H23Cl2N3O3. The molecule has 1 atom stereocenters. The highest BCUT2D eigenvalue weighted by atomic mass is 35.5. The van der Waals surface area contributed by atoms with E-state index in [4.69, 9.17) is 28.3 Å². The lowest BCUT2D eigenvalue weighted by molar-refractivity contribution is -0.137. The van der Waals surface area contributed by atoms with Crippen LogP contribution in [0.1, 0.15) is 23.2 Å². The van der Waals surface area contributed by atoms with E-state index in [2.05, 4.69) is 4.90 Å². The van der Waals surface area contributed by atoms with Gasteiger partial charge in [-0.05, 0) is 31.0 Å². The maximum atomic E-state index is 13.0. The Morgan fingerprint density at radius 1 is 1.12 bits per heavy atom. The van der Waals surface area contributed by atoms with E-state index in [1.807, 2.05) is 4.90 Å². The van der Waals surface area contributed by atoms with E-state index in [1.165, 1.54) is 0 Å². The van der Waals surface area contributed by atoms with E-state index < -0.39 is 6.04 Å². The Hall–Kier alpha value is -1.34. The molecule has 2 aliphatic rings. The summed E-state index contributed by atoms with van der Waals surface area (Å²) < 4.78 is 0. The zero-order chi connectivity index (χ0) is 18.7. The number of benzene rings is 1. The lowest BCUT2D eigenvalue weighted by Crippen LogP contribution is -2.54. The van der Waals surface area contributed by atoms with Crippen molar-refractivity contribution in [2.75, 3.05) is 45.9 Å². The minimum atomic E-state index is -0.443. The first kappa shape index (κ1) is 19.4. The van der Waals surface area contributed by atoms with Crippen LogP contribution in [-0.2, 0) is 4.79 Å². The van der Waals surface area contributed by atoms with Crippen molar-refractivity contribution in [1.82, 2.24) is 14.7 Å². The van der Waals surface area contributed by atoms with Gasteiger partial charge in [0.15, 0.2) is 0 Å². The third-order valence-electron chi connectivity index (χ3n) is 5.06. The number of halogens is 2. The SMILES string of the molecule is O=C(C1CCCN1C(=O)c1cc(Cl)ccc1Cl)N1CCN(CCO)CC1. The highest BCUT2D eigenvalue weighted by Crippen LogP contribution is 2.27. The van der Waals surface area contributed by atoms with Crippen LogP contribution in [0.2, 0.25) is 10.0 Å². The van der Waals surface area contributed by atoms with Crippen LogP contribution in [0, 0.1) is 0 Å². The molecule has 0 saturated carbocycles. The van der Waals surface area contributed by atoms with Gasteiger partial charge in [-0.2, -0.15) is 0 Å². The average Bonchev–Trinajstić information content (AvgIpc) is 3.13. The zero-order valence-corrected chi connectivity index (χ0v) is 16.0. The first-order chi connectivity index (χ1) is 12.5.